The molecule has 2 aromatic carbocycles. The highest BCUT2D eigenvalue weighted by Gasteiger charge is 2.41. The molecule has 2 nitrogen and oxygen atoms in total. The first-order valence-corrected chi connectivity index (χ1v) is 13.4. The zero-order valence-electron chi connectivity index (χ0n) is 20.2. The van der Waals surface area contributed by atoms with E-state index in [0.29, 0.717) is 22.0 Å². The van der Waals surface area contributed by atoms with Gasteiger partial charge in [-0.25, -0.2) is 0 Å². The van der Waals surface area contributed by atoms with E-state index in [9.17, 15) is 5.26 Å². The summed E-state index contributed by atoms with van der Waals surface area (Å²) in [6.07, 6.45) is 10.00. The Morgan fingerprint density at radius 3 is 2.39 bits per heavy atom. The predicted octanol–water partition coefficient (Wildman–Crippen LogP) is 8.46. The van der Waals surface area contributed by atoms with Gasteiger partial charge in [-0.1, -0.05) is 85.8 Å². The average molecular weight is 486 g/mol. The van der Waals surface area contributed by atoms with Crippen molar-refractivity contribution in [1.82, 2.24) is 4.90 Å². The summed E-state index contributed by atoms with van der Waals surface area (Å²) in [7, 11) is 0. The fourth-order valence-corrected chi connectivity index (χ4v) is 5.84. The Hall–Kier alpha value is -1.53. The van der Waals surface area contributed by atoms with Gasteiger partial charge in [-0.15, -0.1) is 0 Å². The highest BCUT2D eigenvalue weighted by atomic mass is 35.5. The lowest BCUT2D eigenvalue weighted by Gasteiger charge is -2.40. The molecule has 0 radical (unpaired) electrons. The van der Waals surface area contributed by atoms with E-state index in [1.807, 2.05) is 18.2 Å². The van der Waals surface area contributed by atoms with Crippen LogP contribution in [0.1, 0.15) is 76.3 Å². The molecule has 1 saturated carbocycles. The Morgan fingerprint density at radius 1 is 1.03 bits per heavy atom. The van der Waals surface area contributed by atoms with Gasteiger partial charge in [0, 0.05) is 12.6 Å². The van der Waals surface area contributed by atoms with Gasteiger partial charge in [-0.3, -0.25) is 0 Å². The zero-order valence-corrected chi connectivity index (χ0v) is 21.7. The van der Waals surface area contributed by atoms with Crippen LogP contribution >= 0.6 is 23.2 Å². The molecule has 33 heavy (non-hydrogen) atoms. The second kappa shape index (κ2) is 12.8. The van der Waals surface area contributed by atoms with Gasteiger partial charge < -0.3 is 4.90 Å². The van der Waals surface area contributed by atoms with Crippen LogP contribution < -0.4 is 0 Å². The summed E-state index contributed by atoms with van der Waals surface area (Å²) in [5.74, 6) is 0.379. The highest BCUT2D eigenvalue weighted by molar-refractivity contribution is 6.42. The number of hydrogen-bond acceptors (Lipinski definition) is 2. The molecule has 2 aromatic rings. The summed E-state index contributed by atoms with van der Waals surface area (Å²) < 4.78 is 0. The van der Waals surface area contributed by atoms with Gasteiger partial charge in [0.2, 0.25) is 0 Å². The van der Waals surface area contributed by atoms with Crippen LogP contribution in [-0.4, -0.2) is 24.0 Å². The summed E-state index contributed by atoms with van der Waals surface area (Å²) >= 11 is 12.6. The molecule has 0 bridgehead atoms. The maximum atomic E-state index is 10.6. The summed E-state index contributed by atoms with van der Waals surface area (Å²) in [5.41, 5.74) is 1.93. The third-order valence-electron chi connectivity index (χ3n) is 7.56. The van der Waals surface area contributed by atoms with Gasteiger partial charge >= 0.3 is 0 Å². The number of halogens is 2. The van der Waals surface area contributed by atoms with Gasteiger partial charge in [0.15, 0.2) is 0 Å². The monoisotopic (exact) mass is 484 g/mol. The van der Waals surface area contributed by atoms with Crippen molar-refractivity contribution in [2.75, 3.05) is 13.1 Å². The van der Waals surface area contributed by atoms with Crippen molar-refractivity contribution >= 4 is 23.2 Å². The van der Waals surface area contributed by atoms with Crippen molar-refractivity contribution in [2.45, 2.75) is 83.1 Å². The van der Waals surface area contributed by atoms with Crippen molar-refractivity contribution < 1.29 is 0 Å². The number of rotatable bonds is 11. The minimum absolute atomic E-state index is 0.379. The lowest BCUT2D eigenvalue weighted by Crippen LogP contribution is -2.40. The number of nitrogens with zero attached hydrogens (tertiary/aromatic N) is 2. The van der Waals surface area contributed by atoms with E-state index in [1.54, 1.807) is 0 Å². The van der Waals surface area contributed by atoms with E-state index in [2.05, 4.69) is 55.1 Å². The van der Waals surface area contributed by atoms with Gasteiger partial charge in [0.25, 0.3) is 0 Å². The molecular weight excluding hydrogens is 447 g/mol. The van der Waals surface area contributed by atoms with E-state index in [-0.39, 0.29) is 0 Å². The van der Waals surface area contributed by atoms with Crippen LogP contribution in [0.4, 0.5) is 0 Å². The third-order valence-corrected chi connectivity index (χ3v) is 8.30. The van der Waals surface area contributed by atoms with Gasteiger partial charge in [-0.05, 0) is 81.2 Å². The van der Waals surface area contributed by atoms with Crippen molar-refractivity contribution in [3.8, 4) is 6.07 Å². The number of benzene rings is 2. The van der Waals surface area contributed by atoms with Gasteiger partial charge in [-0.2, -0.15) is 5.26 Å². The molecule has 2 unspecified atom stereocenters. The quantitative estimate of drug-likeness (QED) is 0.319. The lowest BCUT2D eigenvalue weighted by molar-refractivity contribution is 0.173. The van der Waals surface area contributed by atoms with Crippen LogP contribution in [0.25, 0.3) is 0 Å². The molecule has 0 heterocycles. The molecule has 178 valence electrons. The maximum absolute atomic E-state index is 10.6. The van der Waals surface area contributed by atoms with Crippen LogP contribution in [0.2, 0.25) is 10.0 Å². The van der Waals surface area contributed by atoms with Crippen molar-refractivity contribution in [1.29, 1.82) is 5.26 Å². The number of hydrogen-bond donors (Lipinski definition) is 0. The van der Waals surface area contributed by atoms with Crippen LogP contribution in [0.15, 0.2) is 48.5 Å². The largest absolute Gasteiger partial charge is 0.300 e. The molecule has 2 atom stereocenters. The molecule has 1 aliphatic rings. The molecule has 0 N–H and O–H groups in total. The van der Waals surface area contributed by atoms with Crippen LogP contribution in [0, 0.1) is 17.2 Å². The maximum Gasteiger partial charge on any atom is 0.0851 e. The molecule has 0 amide bonds. The Labute approximate surface area is 210 Å². The Kier molecular flexibility index (Phi) is 10.1. The Bertz CT molecular complexity index is 902. The molecule has 1 aliphatic carbocycles. The first kappa shape index (κ1) is 26.1. The standard InChI is InChI=1S/C29H38Cl2N2/c1-3-19-33(20-17-24-10-6-4-7-11-24)23(2)16-18-29(22-32,25-12-8-5-9-13-25)26-14-15-27(30)28(31)21-26/h4,6-7,10-11,14-15,21,23,25H,3,5,8-9,12-13,16-20H2,1-2H3. The zero-order chi connectivity index (χ0) is 23.7. The fourth-order valence-electron chi connectivity index (χ4n) is 5.54. The molecule has 3 rings (SSSR count). The molecule has 0 spiro atoms. The minimum Gasteiger partial charge on any atom is -0.300 e. The van der Waals surface area contributed by atoms with Gasteiger partial charge in [0.1, 0.15) is 0 Å². The van der Waals surface area contributed by atoms with Crippen molar-refractivity contribution in [3.05, 3.63) is 69.7 Å². The van der Waals surface area contributed by atoms with E-state index >= 15 is 0 Å². The van der Waals surface area contributed by atoms with Gasteiger partial charge in [0.05, 0.1) is 21.5 Å². The summed E-state index contributed by atoms with van der Waals surface area (Å²) in [5, 5.41) is 11.7. The molecule has 4 heteroatoms. The smallest absolute Gasteiger partial charge is 0.0851 e. The van der Waals surface area contributed by atoms with E-state index in [1.165, 1.54) is 24.8 Å². The van der Waals surface area contributed by atoms with E-state index < -0.39 is 5.41 Å². The van der Waals surface area contributed by atoms with Crippen LogP contribution in [0.3, 0.4) is 0 Å². The van der Waals surface area contributed by atoms with Crippen molar-refractivity contribution in [3.63, 3.8) is 0 Å². The molecule has 0 aliphatic heterocycles. The fraction of sp³-hybridized carbons (Fsp3) is 0.552. The Balaban J connectivity index is 1.77. The molecular formula is C29H38Cl2N2. The highest BCUT2D eigenvalue weighted by Crippen LogP contribution is 2.45. The first-order valence-electron chi connectivity index (χ1n) is 12.6. The van der Waals surface area contributed by atoms with E-state index in [0.717, 1.165) is 57.2 Å². The average Bonchev–Trinajstić information content (AvgIpc) is 2.85. The van der Waals surface area contributed by atoms with Crippen LogP contribution in [0.5, 0.6) is 0 Å². The van der Waals surface area contributed by atoms with E-state index in [4.69, 9.17) is 23.2 Å². The normalized spacial score (nSPS) is 17.5. The molecule has 0 saturated heterocycles. The SMILES string of the molecule is CCCN(CCc1ccccc1)C(C)CCC(C#N)(c1ccc(Cl)c(Cl)c1)C1CCCCC1. The third kappa shape index (κ3) is 6.75. The predicted molar refractivity (Wildman–Crippen MR) is 141 cm³/mol. The molecule has 1 fully saturated rings. The summed E-state index contributed by atoms with van der Waals surface area (Å²) in [6, 6.07) is 19.8. The van der Waals surface area contributed by atoms with Crippen molar-refractivity contribution in [2.24, 2.45) is 5.92 Å². The lowest BCUT2D eigenvalue weighted by atomic mass is 9.63. The summed E-state index contributed by atoms with van der Waals surface area (Å²) in [6.45, 7) is 6.72. The van der Waals surface area contributed by atoms with Crippen LogP contribution in [-0.2, 0) is 11.8 Å². The topological polar surface area (TPSA) is 27.0 Å². The Morgan fingerprint density at radius 2 is 1.76 bits per heavy atom. The first-order chi connectivity index (χ1) is 16.0. The second-order valence-corrected chi connectivity index (χ2v) is 10.5. The molecule has 0 aromatic heterocycles. The summed E-state index contributed by atoms with van der Waals surface area (Å²) in [4.78, 5) is 2.60. The minimum atomic E-state index is -0.500. The second-order valence-electron chi connectivity index (χ2n) is 9.71. The number of nitriles is 1.